The van der Waals surface area contributed by atoms with Gasteiger partial charge >= 0.3 is 0 Å². The van der Waals surface area contributed by atoms with Gasteiger partial charge in [0, 0.05) is 9.79 Å². The summed E-state index contributed by atoms with van der Waals surface area (Å²) >= 11 is 1.28. The van der Waals surface area contributed by atoms with Crippen LogP contribution in [-0.2, 0) is 0 Å². The Morgan fingerprint density at radius 3 is 2.74 bits per heavy atom. The highest BCUT2D eigenvalue weighted by molar-refractivity contribution is 7.99. The maximum atomic E-state index is 12.1. The zero-order chi connectivity index (χ0) is 13.4. The van der Waals surface area contributed by atoms with E-state index in [4.69, 9.17) is 5.21 Å². The van der Waals surface area contributed by atoms with E-state index in [0.29, 0.717) is 16.1 Å². The number of rotatable bonds is 1. The SMILES string of the molecule is O=C1Nc2ccccc2Sc2c1cccc2N([O-])O. The molecule has 0 radical (unpaired) electrons. The zero-order valence-electron chi connectivity index (χ0n) is 9.66. The van der Waals surface area contributed by atoms with Crippen LogP contribution in [0, 0.1) is 5.21 Å². The topological polar surface area (TPSA) is 75.6 Å². The van der Waals surface area contributed by atoms with Gasteiger partial charge in [-0.05, 0) is 24.3 Å². The molecule has 5 nitrogen and oxygen atoms in total. The number of nitrogens with zero attached hydrogens (tertiary/aromatic N) is 1. The predicted molar refractivity (Wildman–Crippen MR) is 72.6 cm³/mol. The van der Waals surface area contributed by atoms with E-state index in [1.807, 2.05) is 18.2 Å². The van der Waals surface area contributed by atoms with Crippen LogP contribution >= 0.6 is 11.8 Å². The normalized spacial score (nSPS) is 13.1. The first kappa shape index (κ1) is 12.0. The summed E-state index contributed by atoms with van der Waals surface area (Å²) in [5, 5.41) is 22.9. The first-order valence-electron chi connectivity index (χ1n) is 5.54. The number of para-hydroxylation sites is 1. The van der Waals surface area contributed by atoms with Gasteiger partial charge in [0.1, 0.15) is 0 Å². The number of hydrogen-bond donors (Lipinski definition) is 2. The van der Waals surface area contributed by atoms with E-state index in [9.17, 15) is 10.0 Å². The molecule has 3 rings (SSSR count). The van der Waals surface area contributed by atoms with Gasteiger partial charge in [-0.3, -0.25) is 10.0 Å². The van der Waals surface area contributed by atoms with Crippen LogP contribution in [0.1, 0.15) is 10.4 Å². The van der Waals surface area contributed by atoms with Gasteiger partial charge in [0.25, 0.3) is 5.91 Å². The molecule has 0 aromatic heterocycles. The second-order valence-corrected chi connectivity index (χ2v) is 5.03. The fourth-order valence-electron chi connectivity index (χ4n) is 1.92. The Hall–Kier alpha value is -2.02. The average Bonchev–Trinajstić information content (AvgIpc) is 2.54. The highest BCUT2D eigenvalue weighted by Gasteiger charge is 2.22. The monoisotopic (exact) mass is 273 g/mol. The van der Waals surface area contributed by atoms with Gasteiger partial charge in [0.2, 0.25) is 0 Å². The van der Waals surface area contributed by atoms with Crippen LogP contribution in [-0.4, -0.2) is 11.1 Å². The first-order valence-corrected chi connectivity index (χ1v) is 6.36. The fraction of sp³-hybridized carbons (Fsp3) is 0. The second-order valence-electron chi connectivity index (χ2n) is 3.98. The number of hydrogen-bond acceptors (Lipinski definition) is 5. The van der Waals surface area contributed by atoms with Crippen molar-refractivity contribution in [3.05, 3.63) is 53.2 Å². The van der Waals surface area contributed by atoms with E-state index in [-0.39, 0.29) is 16.8 Å². The summed E-state index contributed by atoms with van der Waals surface area (Å²) in [6.07, 6.45) is 0. The maximum Gasteiger partial charge on any atom is 0.256 e. The van der Waals surface area contributed by atoms with Gasteiger partial charge < -0.3 is 15.8 Å². The third kappa shape index (κ3) is 2.06. The molecule has 19 heavy (non-hydrogen) atoms. The standard InChI is InChI=1S/C13H9N2O3S/c16-13-8-4-3-6-10(15(17)18)12(8)19-11-7-2-1-5-9(11)14-13/h1-7,17H,(H,14,16)/q-1. The Morgan fingerprint density at radius 1 is 1.16 bits per heavy atom. The molecular weight excluding hydrogens is 264 g/mol. The molecular formula is C13H9N2O3S-. The lowest BCUT2D eigenvalue weighted by Gasteiger charge is -2.24. The Balaban J connectivity index is 2.21. The molecule has 0 saturated heterocycles. The first-order chi connectivity index (χ1) is 9.16. The molecule has 1 aliphatic heterocycles. The molecule has 0 unspecified atom stereocenters. The van der Waals surface area contributed by atoms with Crippen molar-refractivity contribution in [1.29, 1.82) is 0 Å². The van der Waals surface area contributed by atoms with Gasteiger partial charge in [0.15, 0.2) is 0 Å². The summed E-state index contributed by atoms with van der Waals surface area (Å²) in [5.74, 6) is -0.295. The van der Waals surface area contributed by atoms with Crippen molar-refractivity contribution in [3.8, 4) is 0 Å². The van der Waals surface area contributed by atoms with Crippen molar-refractivity contribution < 1.29 is 10.0 Å². The smallest absolute Gasteiger partial charge is 0.256 e. The largest absolute Gasteiger partial charge is 0.733 e. The van der Waals surface area contributed by atoms with Crippen molar-refractivity contribution in [2.75, 3.05) is 10.5 Å². The van der Waals surface area contributed by atoms with Crippen molar-refractivity contribution in [1.82, 2.24) is 0 Å². The summed E-state index contributed by atoms with van der Waals surface area (Å²) in [5.41, 5.74) is 1.12. The maximum absolute atomic E-state index is 12.1. The molecule has 0 aliphatic carbocycles. The third-order valence-corrected chi connectivity index (χ3v) is 4.00. The number of fused-ring (bicyclic) bond motifs is 2. The molecule has 6 heteroatoms. The summed E-state index contributed by atoms with van der Waals surface area (Å²) in [7, 11) is 0. The summed E-state index contributed by atoms with van der Waals surface area (Å²) in [6.45, 7) is 0. The summed E-state index contributed by atoms with van der Waals surface area (Å²) < 4.78 is 0. The fourth-order valence-corrected chi connectivity index (χ4v) is 3.04. The van der Waals surface area contributed by atoms with Crippen LogP contribution in [0.5, 0.6) is 0 Å². The minimum Gasteiger partial charge on any atom is -0.733 e. The van der Waals surface area contributed by atoms with Crippen molar-refractivity contribution in [2.45, 2.75) is 9.79 Å². The van der Waals surface area contributed by atoms with Crippen LogP contribution in [0.2, 0.25) is 0 Å². The van der Waals surface area contributed by atoms with Crippen molar-refractivity contribution >= 4 is 29.0 Å². The third-order valence-electron chi connectivity index (χ3n) is 2.79. The Labute approximate surface area is 113 Å². The predicted octanol–water partition coefficient (Wildman–Crippen LogP) is 3.10. The van der Waals surface area contributed by atoms with Crippen LogP contribution in [0.4, 0.5) is 11.4 Å². The molecule has 1 amide bonds. The van der Waals surface area contributed by atoms with Crippen molar-refractivity contribution in [2.24, 2.45) is 0 Å². The lowest BCUT2D eigenvalue weighted by atomic mass is 10.2. The molecule has 2 aromatic carbocycles. The molecule has 0 bridgehead atoms. The van der Waals surface area contributed by atoms with E-state index in [1.54, 1.807) is 18.2 Å². The highest BCUT2D eigenvalue weighted by Crippen LogP contribution is 2.42. The molecule has 1 aliphatic rings. The molecule has 2 N–H and O–H groups in total. The lowest BCUT2D eigenvalue weighted by Crippen LogP contribution is -2.14. The van der Waals surface area contributed by atoms with Gasteiger partial charge in [-0.25, -0.2) is 0 Å². The molecule has 0 atom stereocenters. The molecule has 0 spiro atoms. The second kappa shape index (κ2) is 4.58. The number of anilines is 2. The molecule has 96 valence electrons. The van der Waals surface area contributed by atoms with Gasteiger partial charge in [-0.15, -0.1) is 0 Å². The zero-order valence-corrected chi connectivity index (χ0v) is 10.5. The van der Waals surface area contributed by atoms with Gasteiger partial charge in [0.05, 0.1) is 16.9 Å². The lowest BCUT2D eigenvalue weighted by molar-refractivity contribution is 0.102. The van der Waals surface area contributed by atoms with E-state index in [0.717, 1.165) is 4.90 Å². The number of carbonyl (C=O) groups is 1. The Morgan fingerprint density at radius 2 is 1.95 bits per heavy atom. The van der Waals surface area contributed by atoms with Crippen LogP contribution < -0.4 is 10.5 Å². The minimum absolute atomic E-state index is 0.0642. The summed E-state index contributed by atoms with van der Waals surface area (Å²) in [4.78, 5) is 13.4. The van der Waals surface area contributed by atoms with E-state index >= 15 is 0 Å². The van der Waals surface area contributed by atoms with E-state index in [1.165, 1.54) is 17.8 Å². The highest BCUT2D eigenvalue weighted by atomic mass is 32.2. The molecule has 0 fully saturated rings. The quantitative estimate of drug-likeness (QED) is 0.781. The number of benzene rings is 2. The van der Waals surface area contributed by atoms with Gasteiger partial charge in [-0.1, -0.05) is 30.0 Å². The average molecular weight is 273 g/mol. The van der Waals surface area contributed by atoms with Crippen LogP contribution in [0.3, 0.4) is 0 Å². The van der Waals surface area contributed by atoms with E-state index < -0.39 is 0 Å². The molecule has 1 heterocycles. The number of carbonyl (C=O) groups excluding carboxylic acids is 1. The molecule has 0 saturated carbocycles. The van der Waals surface area contributed by atoms with Crippen LogP contribution in [0.25, 0.3) is 0 Å². The summed E-state index contributed by atoms with van der Waals surface area (Å²) in [6, 6.07) is 12.0. The minimum atomic E-state index is -0.295. The van der Waals surface area contributed by atoms with Crippen LogP contribution in [0.15, 0.2) is 52.3 Å². The van der Waals surface area contributed by atoms with Crippen molar-refractivity contribution in [3.63, 3.8) is 0 Å². The molecule has 2 aromatic rings. The number of amides is 1. The number of nitrogens with one attached hydrogen (secondary N) is 1. The van der Waals surface area contributed by atoms with Gasteiger partial charge in [-0.2, -0.15) is 0 Å². The Bertz CT molecular complexity index is 658. The van der Waals surface area contributed by atoms with E-state index in [2.05, 4.69) is 5.32 Å². The Kier molecular flexibility index (Phi) is 2.90.